The van der Waals surface area contributed by atoms with Gasteiger partial charge in [-0.2, -0.15) is 0 Å². The molecule has 3 heteroatoms. The molecule has 0 heterocycles. The van der Waals surface area contributed by atoms with Crippen molar-refractivity contribution in [3.63, 3.8) is 0 Å². The van der Waals surface area contributed by atoms with Gasteiger partial charge in [0.05, 0.1) is 5.56 Å². The third-order valence-electron chi connectivity index (χ3n) is 2.79. The smallest absolute Gasteiger partial charge is 0.206 e. The summed E-state index contributed by atoms with van der Waals surface area (Å²) in [6.07, 6.45) is 0.265. The molecule has 1 unspecified atom stereocenters. The lowest BCUT2D eigenvalue weighted by Crippen LogP contribution is -2.18. The van der Waals surface area contributed by atoms with Gasteiger partial charge < -0.3 is 0 Å². The molecule has 1 aliphatic rings. The van der Waals surface area contributed by atoms with Gasteiger partial charge in [0.15, 0.2) is 0 Å². The molecule has 0 spiro atoms. The van der Waals surface area contributed by atoms with Gasteiger partial charge in [-0.3, -0.25) is 0 Å². The maximum atomic E-state index is 13.5. The molecule has 1 aliphatic carbocycles. The second-order valence-corrected chi connectivity index (χ2v) is 4.01. The maximum absolute atomic E-state index is 13.5. The zero-order valence-electron chi connectivity index (χ0n) is 8.07. The summed E-state index contributed by atoms with van der Waals surface area (Å²) in [6.45, 7) is 3.17. The van der Waals surface area contributed by atoms with Crippen LogP contribution in [-0.4, -0.2) is 0 Å². The molecular formula is C11H11F3. The average molecular weight is 200 g/mol. The second-order valence-electron chi connectivity index (χ2n) is 4.01. The lowest BCUT2D eigenvalue weighted by Gasteiger charge is -2.15. The number of alkyl halides is 2. The molecule has 76 valence electrons. The normalized spacial score (nSPS) is 23.6. The molecule has 0 amide bonds. The van der Waals surface area contributed by atoms with Crippen LogP contribution >= 0.6 is 0 Å². The Morgan fingerprint density at radius 3 is 2.64 bits per heavy atom. The highest BCUT2D eigenvalue weighted by molar-refractivity contribution is 5.40. The van der Waals surface area contributed by atoms with Crippen LogP contribution in [0.1, 0.15) is 23.6 Å². The fourth-order valence-corrected chi connectivity index (χ4v) is 2.05. The molecule has 0 saturated heterocycles. The predicted molar refractivity (Wildman–Crippen MR) is 47.9 cm³/mol. The van der Waals surface area contributed by atoms with Crippen LogP contribution < -0.4 is 0 Å². The molecule has 0 aromatic heterocycles. The van der Waals surface area contributed by atoms with E-state index in [9.17, 15) is 13.2 Å². The van der Waals surface area contributed by atoms with Gasteiger partial charge in [0, 0.05) is 5.92 Å². The molecule has 2 rings (SSSR count). The minimum Gasteiger partial charge on any atom is -0.206 e. The van der Waals surface area contributed by atoms with E-state index in [1.807, 2.05) is 0 Å². The van der Waals surface area contributed by atoms with Gasteiger partial charge in [-0.25, -0.2) is 13.2 Å². The van der Waals surface area contributed by atoms with E-state index >= 15 is 0 Å². The van der Waals surface area contributed by atoms with E-state index in [4.69, 9.17) is 0 Å². The highest BCUT2D eigenvalue weighted by Gasteiger charge is 2.47. The quantitative estimate of drug-likeness (QED) is 0.602. The zero-order chi connectivity index (χ0) is 10.5. The summed E-state index contributed by atoms with van der Waals surface area (Å²) in [5.41, 5.74) is 0.766. The summed E-state index contributed by atoms with van der Waals surface area (Å²) in [6, 6.07) is 2.82. The lowest BCUT2D eigenvalue weighted by molar-refractivity contribution is -0.0477. The summed E-state index contributed by atoms with van der Waals surface area (Å²) < 4.78 is 40.3. The predicted octanol–water partition coefficient (Wildman–Crippen LogP) is 3.42. The fraction of sp³-hybridized carbons (Fsp3) is 0.455. The first kappa shape index (κ1) is 9.56. The molecule has 0 radical (unpaired) electrons. The van der Waals surface area contributed by atoms with Gasteiger partial charge in [0.25, 0.3) is 5.92 Å². The van der Waals surface area contributed by atoms with Crippen LogP contribution in [-0.2, 0) is 12.3 Å². The van der Waals surface area contributed by atoms with Crippen LogP contribution in [0.25, 0.3) is 0 Å². The van der Waals surface area contributed by atoms with Crippen molar-refractivity contribution in [2.45, 2.75) is 26.2 Å². The third-order valence-corrected chi connectivity index (χ3v) is 2.79. The van der Waals surface area contributed by atoms with Crippen molar-refractivity contribution >= 4 is 0 Å². The van der Waals surface area contributed by atoms with Crippen molar-refractivity contribution in [3.05, 3.63) is 34.6 Å². The molecule has 1 aromatic rings. The van der Waals surface area contributed by atoms with Crippen LogP contribution in [0, 0.1) is 18.7 Å². The van der Waals surface area contributed by atoms with Gasteiger partial charge in [-0.1, -0.05) is 13.0 Å². The number of aryl methyl sites for hydroxylation is 1. The molecule has 14 heavy (non-hydrogen) atoms. The summed E-state index contributed by atoms with van der Waals surface area (Å²) in [5, 5.41) is 0. The molecule has 0 N–H and O–H groups in total. The van der Waals surface area contributed by atoms with Crippen molar-refractivity contribution in [2.75, 3.05) is 0 Å². The van der Waals surface area contributed by atoms with Gasteiger partial charge in [0.2, 0.25) is 0 Å². The van der Waals surface area contributed by atoms with Crippen molar-refractivity contribution in [2.24, 2.45) is 5.92 Å². The first-order valence-electron chi connectivity index (χ1n) is 4.60. The number of halogens is 3. The van der Waals surface area contributed by atoms with Crippen LogP contribution in [0.4, 0.5) is 13.2 Å². The van der Waals surface area contributed by atoms with Crippen molar-refractivity contribution in [1.29, 1.82) is 0 Å². The van der Waals surface area contributed by atoms with Gasteiger partial charge >= 0.3 is 0 Å². The van der Waals surface area contributed by atoms with Crippen LogP contribution in [0.3, 0.4) is 0 Å². The summed E-state index contributed by atoms with van der Waals surface area (Å²) in [4.78, 5) is 0. The molecule has 1 atom stereocenters. The highest BCUT2D eigenvalue weighted by Crippen LogP contribution is 2.47. The summed E-state index contributed by atoms with van der Waals surface area (Å²) >= 11 is 0. The standard InChI is InChI=1S/C11H11F3/c1-6-3-8-5-7(2)11(13,14)10(8)9(12)4-6/h3-4,7H,5H2,1-2H3. The Hall–Kier alpha value is -0.990. The van der Waals surface area contributed by atoms with E-state index in [2.05, 4.69) is 0 Å². The Kier molecular flexibility index (Phi) is 1.88. The maximum Gasteiger partial charge on any atom is 0.279 e. The number of benzene rings is 1. The van der Waals surface area contributed by atoms with E-state index in [-0.39, 0.29) is 6.42 Å². The molecule has 1 aromatic carbocycles. The Labute approximate surface area is 80.7 Å². The van der Waals surface area contributed by atoms with E-state index in [0.29, 0.717) is 11.1 Å². The van der Waals surface area contributed by atoms with Gasteiger partial charge in [-0.15, -0.1) is 0 Å². The van der Waals surface area contributed by atoms with E-state index < -0.39 is 23.2 Å². The zero-order valence-corrected chi connectivity index (χ0v) is 8.07. The van der Waals surface area contributed by atoms with Gasteiger partial charge in [0.1, 0.15) is 5.82 Å². The van der Waals surface area contributed by atoms with Crippen LogP contribution in [0.5, 0.6) is 0 Å². The lowest BCUT2D eigenvalue weighted by atomic mass is 10.0. The number of fused-ring (bicyclic) bond motifs is 1. The first-order valence-corrected chi connectivity index (χ1v) is 4.60. The monoisotopic (exact) mass is 200 g/mol. The largest absolute Gasteiger partial charge is 0.279 e. The Morgan fingerprint density at radius 2 is 2.00 bits per heavy atom. The molecular weight excluding hydrogens is 189 g/mol. The molecule has 0 nitrogen and oxygen atoms in total. The number of hydrogen-bond donors (Lipinski definition) is 0. The van der Waals surface area contributed by atoms with E-state index in [1.54, 1.807) is 13.0 Å². The Morgan fingerprint density at radius 1 is 1.36 bits per heavy atom. The average Bonchev–Trinajstić information content (AvgIpc) is 2.21. The molecule has 0 aliphatic heterocycles. The minimum atomic E-state index is -3.01. The van der Waals surface area contributed by atoms with E-state index in [0.717, 1.165) is 0 Å². The van der Waals surface area contributed by atoms with Crippen LogP contribution in [0.2, 0.25) is 0 Å². The number of rotatable bonds is 0. The Balaban J connectivity index is 2.65. The highest BCUT2D eigenvalue weighted by atomic mass is 19.3. The SMILES string of the molecule is Cc1cc(F)c2c(c1)CC(C)C2(F)F. The summed E-state index contributed by atoms with van der Waals surface area (Å²) in [7, 11) is 0. The van der Waals surface area contributed by atoms with Crippen molar-refractivity contribution in [3.8, 4) is 0 Å². The van der Waals surface area contributed by atoms with E-state index in [1.165, 1.54) is 13.0 Å². The topological polar surface area (TPSA) is 0 Å². The Bertz CT molecular complexity index is 382. The van der Waals surface area contributed by atoms with Crippen molar-refractivity contribution in [1.82, 2.24) is 0 Å². The van der Waals surface area contributed by atoms with Gasteiger partial charge in [-0.05, 0) is 30.5 Å². The second kappa shape index (κ2) is 2.75. The van der Waals surface area contributed by atoms with Crippen LogP contribution in [0.15, 0.2) is 12.1 Å². The fourth-order valence-electron chi connectivity index (χ4n) is 2.05. The third kappa shape index (κ3) is 1.15. The number of hydrogen-bond acceptors (Lipinski definition) is 0. The first-order chi connectivity index (χ1) is 6.43. The molecule has 0 fully saturated rings. The van der Waals surface area contributed by atoms with Crippen molar-refractivity contribution < 1.29 is 13.2 Å². The minimum absolute atomic E-state index is 0.265. The molecule has 0 saturated carbocycles. The summed E-state index contributed by atoms with van der Waals surface area (Å²) in [5.74, 6) is -4.57. The molecule has 0 bridgehead atoms.